The second-order valence-electron chi connectivity index (χ2n) is 5.50. The van der Waals surface area contributed by atoms with E-state index >= 15 is 0 Å². The van der Waals surface area contributed by atoms with Gasteiger partial charge >= 0.3 is 6.03 Å². The first kappa shape index (κ1) is 17.4. The van der Waals surface area contributed by atoms with E-state index < -0.39 is 6.10 Å². The van der Waals surface area contributed by atoms with Gasteiger partial charge in [0.15, 0.2) is 0 Å². The van der Waals surface area contributed by atoms with Crippen LogP contribution in [-0.4, -0.2) is 29.2 Å². The van der Waals surface area contributed by atoms with Gasteiger partial charge in [0.2, 0.25) is 0 Å². The molecule has 2 rings (SSSR count). The molecule has 2 aromatic rings. The Balaban J connectivity index is 1.64. The summed E-state index contributed by atoms with van der Waals surface area (Å²) < 4.78 is 0. The standard InChI is InChI=1S/C17H23N3O2S/c1-12-6-3-4-7-14(12)15(21)10-19-17(22)18-9-5-8-16-20-13(2)11-23-16/h3-4,6-7,11,15,21H,5,8-10H2,1-2H3,(H2,18,19,22). The first-order chi connectivity index (χ1) is 11.1. The average Bonchev–Trinajstić information content (AvgIpc) is 2.95. The molecule has 0 aliphatic rings. The molecule has 1 aromatic carbocycles. The molecule has 0 saturated heterocycles. The van der Waals surface area contributed by atoms with E-state index in [9.17, 15) is 9.90 Å². The van der Waals surface area contributed by atoms with Crippen LogP contribution >= 0.6 is 11.3 Å². The summed E-state index contributed by atoms with van der Waals surface area (Å²) in [6, 6.07) is 7.36. The Hall–Kier alpha value is -1.92. The molecule has 2 amide bonds. The lowest BCUT2D eigenvalue weighted by molar-refractivity contribution is 0.172. The Morgan fingerprint density at radius 1 is 1.30 bits per heavy atom. The minimum Gasteiger partial charge on any atom is -0.387 e. The Bertz CT molecular complexity index is 642. The van der Waals surface area contributed by atoms with Crippen molar-refractivity contribution in [3.63, 3.8) is 0 Å². The number of thiazole rings is 1. The highest BCUT2D eigenvalue weighted by Gasteiger charge is 2.11. The number of aliphatic hydroxyl groups is 1. The molecule has 0 fully saturated rings. The van der Waals surface area contributed by atoms with Crippen LogP contribution < -0.4 is 10.6 Å². The Labute approximate surface area is 140 Å². The monoisotopic (exact) mass is 333 g/mol. The van der Waals surface area contributed by atoms with E-state index in [0.29, 0.717) is 6.54 Å². The van der Waals surface area contributed by atoms with Crippen molar-refractivity contribution in [2.45, 2.75) is 32.8 Å². The van der Waals surface area contributed by atoms with Gasteiger partial charge in [-0.15, -0.1) is 11.3 Å². The van der Waals surface area contributed by atoms with Gasteiger partial charge in [-0.25, -0.2) is 9.78 Å². The van der Waals surface area contributed by atoms with Crippen molar-refractivity contribution in [1.29, 1.82) is 0 Å². The number of aromatic nitrogens is 1. The second kappa shape index (κ2) is 8.64. The maximum Gasteiger partial charge on any atom is 0.314 e. The molecule has 0 aliphatic carbocycles. The zero-order valence-corrected chi connectivity index (χ0v) is 14.3. The number of rotatable bonds is 7. The minimum atomic E-state index is -0.694. The quantitative estimate of drug-likeness (QED) is 0.682. The third kappa shape index (κ3) is 5.65. The number of aryl methyl sites for hydroxylation is 3. The highest BCUT2D eigenvalue weighted by atomic mass is 32.1. The number of carbonyl (C=O) groups excluding carboxylic acids is 1. The molecule has 5 nitrogen and oxygen atoms in total. The zero-order chi connectivity index (χ0) is 16.7. The lowest BCUT2D eigenvalue weighted by atomic mass is 10.0. The van der Waals surface area contributed by atoms with Crippen LogP contribution in [0.3, 0.4) is 0 Å². The van der Waals surface area contributed by atoms with Gasteiger partial charge in [0.05, 0.1) is 11.1 Å². The van der Waals surface area contributed by atoms with Gasteiger partial charge in [-0.05, 0) is 31.4 Å². The summed E-state index contributed by atoms with van der Waals surface area (Å²) in [5.41, 5.74) is 2.90. The molecule has 0 aliphatic heterocycles. The van der Waals surface area contributed by atoms with E-state index in [1.54, 1.807) is 11.3 Å². The predicted molar refractivity (Wildman–Crippen MR) is 92.7 cm³/mol. The molecule has 124 valence electrons. The predicted octanol–water partition coefficient (Wildman–Crippen LogP) is 2.73. The molecule has 6 heteroatoms. The summed E-state index contributed by atoms with van der Waals surface area (Å²) in [7, 11) is 0. The van der Waals surface area contributed by atoms with Gasteiger partial charge in [0, 0.05) is 30.6 Å². The van der Waals surface area contributed by atoms with E-state index in [4.69, 9.17) is 0 Å². The topological polar surface area (TPSA) is 74.2 Å². The lowest BCUT2D eigenvalue weighted by Crippen LogP contribution is -2.38. The molecule has 0 saturated carbocycles. The van der Waals surface area contributed by atoms with Crippen molar-refractivity contribution in [2.24, 2.45) is 0 Å². The number of nitrogens with zero attached hydrogens (tertiary/aromatic N) is 1. The first-order valence-corrected chi connectivity index (χ1v) is 8.60. The van der Waals surface area contributed by atoms with Crippen molar-refractivity contribution < 1.29 is 9.90 Å². The van der Waals surface area contributed by atoms with Gasteiger partial charge in [0.1, 0.15) is 0 Å². The SMILES string of the molecule is Cc1csc(CCCNC(=O)NCC(O)c2ccccc2C)n1. The molecular formula is C17H23N3O2S. The number of urea groups is 1. The fourth-order valence-corrected chi connectivity index (χ4v) is 3.10. The largest absolute Gasteiger partial charge is 0.387 e. The van der Waals surface area contributed by atoms with Crippen molar-refractivity contribution >= 4 is 17.4 Å². The number of hydrogen-bond acceptors (Lipinski definition) is 4. The molecule has 1 atom stereocenters. The third-order valence-corrected chi connectivity index (χ3v) is 4.55. The summed E-state index contributed by atoms with van der Waals surface area (Å²) >= 11 is 1.65. The van der Waals surface area contributed by atoms with E-state index in [0.717, 1.165) is 34.7 Å². The van der Waals surface area contributed by atoms with Gasteiger partial charge in [-0.3, -0.25) is 0 Å². The number of carbonyl (C=O) groups is 1. The van der Waals surface area contributed by atoms with Gasteiger partial charge in [0.25, 0.3) is 0 Å². The number of amides is 2. The molecule has 1 aromatic heterocycles. The summed E-state index contributed by atoms with van der Waals surface area (Å²) in [5, 5.41) is 18.7. The molecule has 3 N–H and O–H groups in total. The van der Waals surface area contributed by atoms with E-state index in [1.807, 2.05) is 43.5 Å². The summed E-state index contributed by atoms with van der Waals surface area (Å²) in [6.45, 7) is 4.71. The summed E-state index contributed by atoms with van der Waals surface area (Å²) in [6.07, 6.45) is 1.02. The van der Waals surface area contributed by atoms with E-state index in [-0.39, 0.29) is 12.6 Å². The number of aliphatic hydroxyl groups excluding tert-OH is 1. The third-order valence-electron chi connectivity index (χ3n) is 3.52. The highest BCUT2D eigenvalue weighted by molar-refractivity contribution is 7.09. The van der Waals surface area contributed by atoms with Crippen LogP contribution in [0, 0.1) is 13.8 Å². The molecule has 23 heavy (non-hydrogen) atoms. The minimum absolute atomic E-state index is 0.197. The molecule has 1 unspecified atom stereocenters. The number of hydrogen-bond donors (Lipinski definition) is 3. The molecular weight excluding hydrogens is 310 g/mol. The van der Waals surface area contributed by atoms with Crippen LogP contribution in [0.5, 0.6) is 0 Å². The molecule has 1 heterocycles. The zero-order valence-electron chi connectivity index (χ0n) is 13.5. The average molecular weight is 333 g/mol. The van der Waals surface area contributed by atoms with Gasteiger partial charge in [-0.2, -0.15) is 0 Å². The molecule has 0 spiro atoms. The maximum atomic E-state index is 11.7. The first-order valence-electron chi connectivity index (χ1n) is 7.72. The normalized spacial score (nSPS) is 12.0. The summed E-state index contributed by atoms with van der Waals surface area (Å²) in [5.74, 6) is 0. The highest BCUT2D eigenvalue weighted by Crippen LogP contribution is 2.16. The number of nitrogens with one attached hydrogen (secondary N) is 2. The fraction of sp³-hybridized carbons (Fsp3) is 0.412. The smallest absolute Gasteiger partial charge is 0.314 e. The second-order valence-corrected chi connectivity index (χ2v) is 6.44. The van der Waals surface area contributed by atoms with Gasteiger partial charge in [-0.1, -0.05) is 24.3 Å². The Kier molecular flexibility index (Phi) is 6.55. The fourth-order valence-electron chi connectivity index (χ4n) is 2.28. The molecule has 0 radical (unpaired) electrons. The van der Waals surface area contributed by atoms with Crippen LogP contribution in [0.25, 0.3) is 0 Å². The Morgan fingerprint density at radius 2 is 2.09 bits per heavy atom. The number of benzene rings is 1. The van der Waals surface area contributed by atoms with Crippen LogP contribution in [0.2, 0.25) is 0 Å². The summed E-state index contributed by atoms with van der Waals surface area (Å²) in [4.78, 5) is 16.1. The van der Waals surface area contributed by atoms with Crippen LogP contribution in [-0.2, 0) is 6.42 Å². The van der Waals surface area contributed by atoms with Crippen molar-refractivity contribution in [1.82, 2.24) is 15.6 Å². The van der Waals surface area contributed by atoms with E-state index in [2.05, 4.69) is 15.6 Å². The van der Waals surface area contributed by atoms with Crippen LogP contribution in [0.1, 0.15) is 34.4 Å². The maximum absolute atomic E-state index is 11.7. The van der Waals surface area contributed by atoms with Crippen molar-refractivity contribution in [2.75, 3.05) is 13.1 Å². The van der Waals surface area contributed by atoms with Gasteiger partial charge < -0.3 is 15.7 Å². The van der Waals surface area contributed by atoms with Crippen LogP contribution in [0.4, 0.5) is 4.79 Å². The molecule has 0 bridgehead atoms. The van der Waals surface area contributed by atoms with Crippen molar-refractivity contribution in [3.8, 4) is 0 Å². The van der Waals surface area contributed by atoms with E-state index in [1.165, 1.54) is 0 Å². The van der Waals surface area contributed by atoms with Crippen LogP contribution in [0.15, 0.2) is 29.6 Å². The Morgan fingerprint density at radius 3 is 2.78 bits per heavy atom. The van der Waals surface area contributed by atoms with Crippen molar-refractivity contribution in [3.05, 3.63) is 51.5 Å². The lowest BCUT2D eigenvalue weighted by Gasteiger charge is -2.14.